The fourth-order valence-electron chi connectivity index (χ4n) is 3.04. The third-order valence-corrected chi connectivity index (χ3v) is 4.73. The highest BCUT2D eigenvalue weighted by molar-refractivity contribution is 9.10. The van der Waals surface area contributed by atoms with Crippen LogP contribution >= 0.6 is 15.9 Å². The first-order valence-electron chi connectivity index (χ1n) is 7.30. The van der Waals surface area contributed by atoms with Gasteiger partial charge in [0.25, 0.3) is 0 Å². The Bertz CT molecular complexity index is 576. The first-order valence-corrected chi connectivity index (χ1v) is 8.10. The van der Waals surface area contributed by atoms with Crippen LogP contribution in [0.4, 0.5) is 0 Å². The summed E-state index contributed by atoms with van der Waals surface area (Å²) < 4.78 is 1.14. The molecule has 0 aromatic heterocycles. The maximum absolute atomic E-state index is 3.78. The van der Waals surface area contributed by atoms with Crippen LogP contribution in [0.1, 0.15) is 36.1 Å². The van der Waals surface area contributed by atoms with Gasteiger partial charge in [0.2, 0.25) is 0 Å². The molecule has 20 heavy (non-hydrogen) atoms. The third-order valence-electron chi connectivity index (χ3n) is 4.20. The number of hydrogen-bond acceptors (Lipinski definition) is 1. The van der Waals surface area contributed by atoms with Crippen LogP contribution in [0, 0.1) is 0 Å². The molecule has 1 aliphatic carbocycles. The van der Waals surface area contributed by atoms with Crippen LogP contribution in [-0.4, -0.2) is 6.04 Å². The van der Waals surface area contributed by atoms with E-state index in [2.05, 4.69) is 76.7 Å². The molecule has 2 aromatic carbocycles. The molecule has 3 rings (SSSR count). The molecule has 0 heterocycles. The van der Waals surface area contributed by atoms with Crippen LogP contribution < -0.4 is 5.32 Å². The Hall–Kier alpha value is -1.12. The lowest BCUT2D eigenvalue weighted by Crippen LogP contribution is -2.36. The van der Waals surface area contributed by atoms with E-state index >= 15 is 0 Å². The van der Waals surface area contributed by atoms with Gasteiger partial charge >= 0.3 is 0 Å². The average molecular weight is 330 g/mol. The van der Waals surface area contributed by atoms with Crippen molar-refractivity contribution in [3.63, 3.8) is 0 Å². The van der Waals surface area contributed by atoms with Crippen molar-refractivity contribution in [1.29, 1.82) is 0 Å². The zero-order valence-corrected chi connectivity index (χ0v) is 13.4. The van der Waals surface area contributed by atoms with Gasteiger partial charge in [0, 0.05) is 16.6 Å². The number of nitrogens with one attached hydrogen (secondary N) is 1. The van der Waals surface area contributed by atoms with Gasteiger partial charge in [0.1, 0.15) is 0 Å². The van der Waals surface area contributed by atoms with Crippen molar-refractivity contribution >= 4 is 15.9 Å². The molecule has 0 spiro atoms. The second-order valence-electron chi connectivity index (χ2n) is 5.65. The van der Waals surface area contributed by atoms with Gasteiger partial charge in [0.05, 0.1) is 0 Å². The van der Waals surface area contributed by atoms with E-state index in [1.165, 1.54) is 29.5 Å². The highest BCUT2D eigenvalue weighted by atomic mass is 79.9. The molecule has 0 aliphatic heterocycles. The molecule has 1 nitrogen and oxygen atoms in total. The van der Waals surface area contributed by atoms with Crippen molar-refractivity contribution in [2.24, 2.45) is 0 Å². The number of hydrogen-bond donors (Lipinski definition) is 1. The molecule has 1 unspecified atom stereocenters. The highest BCUT2D eigenvalue weighted by Crippen LogP contribution is 2.24. The summed E-state index contributed by atoms with van der Waals surface area (Å²) in [5.74, 6) is 0. The Morgan fingerprint density at radius 2 is 1.75 bits per heavy atom. The minimum Gasteiger partial charge on any atom is -0.307 e. The first kappa shape index (κ1) is 13.8. The van der Waals surface area contributed by atoms with Crippen molar-refractivity contribution in [3.05, 3.63) is 69.7 Å². The summed E-state index contributed by atoms with van der Waals surface area (Å²) in [5, 5.41) is 3.78. The van der Waals surface area contributed by atoms with E-state index < -0.39 is 0 Å². The molecule has 2 atom stereocenters. The zero-order chi connectivity index (χ0) is 13.9. The Morgan fingerprint density at radius 1 is 1.05 bits per heavy atom. The lowest BCUT2D eigenvalue weighted by Gasteiger charge is -2.28. The fraction of sp³-hybridized carbons (Fsp3) is 0.333. The van der Waals surface area contributed by atoms with E-state index in [4.69, 9.17) is 0 Å². The van der Waals surface area contributed by atoms with Gasteiger partial charge in [-0.2, -0.15) is 0 Å². The fourth-order valence-corrected chi connectivity index (χ4v) is 3.31. The van der Waals surface area contributed by atoms with E-state index in [1.54, 1.807) is 0 Å². The summed E-state index contributed by atoms with van der Waals surface area (Å²) in [5.41, 5.74) is 4.40. The molecular formula is C18H20BrN. The number of benzene rings is 2. The lowest BCUT2D eigenvalue weighted by molar-refractivity contribution is 0.414. The van der Waals surface area contributed by atoms with Gasteiger partial charge in [-0.25, -0.2) is 0 Å². The summed E-state index contributed by atoms with van der Waals surface area (Å²) in [6.07, 6.45) is 3.58. The van der Waals surface area contributed by atoms with Gasteiger partial charge in [-0.3, -0.25) is 0 Å². The Labute approximate surface area is 129 Å². The molecule has 0 amide bonds. The largest absolute Gasteiger partial charge is 0.307 e. The highest BCUT2D eigenvalue weighted by Gasteiger charge is 2.19. The quantitative estimate of drug-likeness (QED) is 0.863. The summed E-state index contributed by atoms with van der Waals surface area (Å²) in [7, 11) is 0. The van der Waals surface area contributed by atoms with Crippen LogP contribution in [0.5, 0.6) is 0 Å². The smallest absolute Gasteiger partial charge is 0.0294 e. The van der Waals surface area contributed by atoms with Gasteiger partial charge in [-0.05, 0) is 55.0 Å². The predicted octanol–water partition coefficient (Wildman–Crippen LogP) is 4.66. The number of rotatable bonds is 3. The normalized spacial score (nSPS) is 19.4. The summed E-state index contributed by atoms with van der Waals surface area (Å²) in [6.45, 7) is 2.25. The van der Waals surface area contributed by atoms with E-state index in [-0.39, 0.29) is 0 Å². The van der Waals surface area contributed by atoms with Crippen LogP contribution in [0.2, 0.25) is 0 Å². The van der Waals surface area contributed by atoms with Crippen LogP contribution in [0.3, 0.4) is 0 Å². The molecule has 1 aliphatic rings. The Balaban J connectivity index is 1.66. The van der Waals surface area contributed by atoms with Crippen molar-refractivity contribution in [2.75, 3.05) is 0 Å². The van der Waals surface area contributed by atoms with Gasteiger partial charge in [-0.15, -0.1) is 0 Å². The maximum atomic E-state index is 3.78. The SMILES string of the molecule is C[C@@H](NC1CCc2ccccc2C1)c1ccc(Br)cc1. The topological polar surface area (TPSA) is 12.0 Å². The van der Waals surface area contributed by atoms with E-state index in [0.717, 1.165) is 10.9 Å². The Morgan fingerprint density at radius 3 is 2.50 bits per heavy atom. The van der Waals surface area contributed by atoms with Crippen molar-refractivity contribution < 1.29 is 0 Å². The first-order chi connectivity index (χ1) is 9.72. The van der Waals surface area contributed by atoms with Gasteiger partial charge in [0.15, 0.2) is 0 Å². The monoisotopic (exact) mass is 329 g/mol. The van der Waals surface area contributed by atoms with Crippen LogP contribution in [0.25, 0.3) is 0 Å². The molecule has 0 bridgehead atoms. The maximum Gasteiger partial charge on any atom is 0.0294 e. The second-order valence-corrected chi connectivity index (χ2v) is 6.56. The van der Waals surface area contributed by atoms with Crippen LogP contribution in [-0.2, 0) is 12.8 Å². The molecule has 0 saturated carbocycles. The summed E-state index contributed by atoms with van der Waals surface area (Å²) in [4.78, 5) is 0. The number of fused-ring (bicyclic) bond motifs is 1. The van der Waals surface area contributed by atoms with Crippen molar-refractivity contribution in [2.45, 2.75) is 38.3 Å². The van der Waals surface area contributed by atoms with E-state index in [9.17, 15) is 0 Å². The number of aryl methyl sites for hydroxylation is 1. The molecule has 1 N–H and O–H groups in total. The second kappa shape index (κ2) is 6.11. The minimum atomic E-state index is 0.401. The van der Waals surface area contributed by atoms with E-state index in [0.29, 0.717) is 12.1 Å². The van der Waals surface area contributed by atoms with Crippen LogP contribution in [0.15, 0.2) is 53.0 Å². The third kappa shape index (κ3) is 3.13. The van der Waals surface area contributed by atoms with Gasteiger partial charge < -0.3 is 5.32 Å². The number of halogens is 1. The van der Waals surface area contributed by atoms with Gasteiger partial charge in [-0.1, -0.05) is 52.3 Å². The molecule has 104 valence electrons. The molecular weight excluding hydrogens is 310 g/mol. The zero-order valence-electron chi connectivity index (χ0n) is 11.8. The molecule has 0 saturated heterocycles. The van der Waals surface area contributed by atoms with Crippen molar-refractivity contribution in [1.82, 2.24) is 5.32 Å². The Kier molecular flexibility index (Phi) is 4.23. The molecule has 2 heteroatoms. The van der Waals surface area contributed by atoms with Crippen molar-refractivity contribution in [3.8, 4) is 0 Å². The summed E-state index contributed by atoms with van der Waals surface area (Å²) >= 11 is 3.49. The molecule has 2 aromatic rings. The molecule has 0 fully saturated rings. The average Bonchev–Trinajstić information content (AvgIpc) is 2.48. The summed E-state index contributed by atoms with van der Waals surface area (Å²) in [6, 6.07) is 18.4. The minimum absolute atomic E-state index is 0.401. The predicted molar refractivity (Wildman–Crippen MR) is 87.9 cm³/mol. The lowest BCUT2D eigenvalue weighted by atomic mass is 9.88. The standard InChI is InChI=1S/C18H20BrN/c1-13(14-6-9-17(19)10-7-14)20-18-11-8-15-4-2-3-5-16(15)12-18/h2-7,9-10,13,18,20H,8,11-12H2,1H3/t13-,18?/m1/s1. The molecule has 0 radical (unpaired) electrons. The van der Waals surface area contributed by atoms with E-state index in [1.807, 2.05) is 0 Å².